The predicted molar refractivity (Wildman–Crippen MR) is 145 cm³/mol. The first kappa shape index (κ1) is 32.3. The van der Waals surface area contributed by atoms with Crippen LogP contribution >= 0.6 is 11.8 Å². The van der Waals surface area contributed by atoms with E-state index >= 15 is 0 Å². The molecule has 224 valence electrons. The molecular weight excluding hydrogens is 586 g/mol. The van der Waals surface area contributed by atoms with Gasteiger partial charge in [0.1, 0.15) is 41.5 Å². The molecule has 1 fully saturated rings. The Bertz CT molecular complexity index is 1340. The Morgan fingerprint density at radius 3 is 2.46 bits per heavy atom. The van der Waals surface area contributed by atoms with Gasteiger partial charge in [0.15, 0.2) is 11.5 Å². The number of carbonyl (C=O) groups excluding carboxylic acids is 1. The topological polar surface area (TPSA) is 222 Å². The van der Waals surface area contributed by atoms with E-state index < -0.39 is 58.9 Å². The summed E-state index contributed by atoms with van der Waals surface area (Å²) in [4.78, 5) is 12.2. The molecule has 14 nitrogen and oxygen atoms in total. The van der Waals surface area contributed by atoms with Gasteiger partial charge in [-0.25, -0.2) is 9.08 Å². The Morgan fingerprint density at radius 2 is 1.83 bits per heavy atom. The molecule has 2 aromatic rings. The molecular formula is C25H29NO13S2. The number of thioether (sulfide) groups is 1. The van der Waals surface area contributed by atoms with E-state index in [1.165, 1.54) is 25.3 Å². The highest BCUT2D eigenvalue weighted by atomic mass is 32.3. The summed E-state index contributed by atoms with van der Waals surface area (Å²) in [5, 5.41) is 54.7. The zero-order valence-electron chi connectivity index (χ0n) is 21.5. The van der Waals surface area contributed by atoms with E-state index in [2.05, 4.69) is 9.44 Å². The number of hydrogen-bond acceptors (Lipinski definition) is 14. The third kappa shape index (κ3) is 9.68. The van der Waals surface area contributed by atoms with Crippen LogP contribution in [0, 0.1) is 0 Å². The Kier molecular flexibility index (Phi) is 11.5. The van der Waals surface area contributed by atoms with Crippen molar-refractivity contribution in [1.29, 1.82) is 0 Å². The van der Waals surface area contributed by atoms with E-state index in [1.807, 2.05) is 0 Å². The first-order valence-electron chi connectivity index (χ1n) is 11.9. The average molecular weight is 616 g/mol. The minimum atomic E-state index is -5.01. The van der Waals surface area contributed by atoms with Crippen molar-refractivity contribution in [3.63, 3.8) is 0 Å². The lowest BCUT2D eigenvalue weighted by Crippen LogP contribution is -2.58. The third-order valence-electron chi connectivity index (χ3n) is 5.71. The molecule has 1 aliphatic rings. The first-order chi connectivity index (χ1) is 19.4. The number of phenolic OH excluding ortho intramolecular Hbond substituents is 1. The van der Waals surface area contributed by atoms with E-state index in [9.17, 15) is 38.7 Å². The number of ether oxygens (including phenoxy) is 3. The van der Waals surface area contributed by atoms with Crippen LogP contribution in [-0.4, -0.2) is 93.1 Å². The zero-order chi connectivity index (χ0) is 30.2. The molecule has 0 bridgehead atoms. The van der Waals surface area contributed by atoms with E-state index in [4.69, 9.17) is 18.8 Å². The van der Waals surface area contributed by atoms with Crippen LogP contribution in [0.3, 0.4) is 0 Å². The smallest absolute Gasteiger partial charge is 0.466 e. The number of phenols is 1. The molecule has 3 rings (SSSR count). The highest BCUT2D eigenvalue weighted by molar-refractivity contribution is 8.14. The maximum Gasteiger partial charge on any atom is 0.466 e. The monoisotopic (exact) mass is 615 g/mol. The van der Waals surface area contributed by atoms with E-state index in [1.54, 1.807) is 36.4 Å². The van der Waals surface area contributed by atoms with Gasteiger partial charge in [0, 0.05) is 12.5 Å². The van der Waals surface area contributed by atoms with Crippen LogP contribution < -0.4 is 4.74 Å². The summed E-state index contributed by atoms with van der Waals surface area (Å²) in [5.41, 5.74) is -0.501. The van der Waals surface area contributed by atoms with Gasteiger partial charge < -0.3 is 39.7 Å². The van der Waals surface area contributed by atoms with Crippen LogP contribution in [0.15, 0.2) is 59.8 Å². The lowest BCUT2D eigenvalue weighted by molar-refractivity contribution is -0.209. The fourth-order valence-corrected chi connectivity index (χ4v) is 4.96. The molecule has 1 aliphatic heterocycles. The van der Waals surface area contributed by atoms with Crippen molar-refractivity contribution in [1.82, 2.24) is 0 Å². The van der Waals surface area contributed by atoms with E-state index in [0.29, 0.717) is 22.9 Å². The van der Waals surface area contributed by atoms with Gasteiger partial charge in [-0.1, -0.05) is 53.3 Å². The minimum absolute atomic E-state index is 0.140. The molecule has 16 heteroatoms. The molecule has 0 saturated carbocycles. The number of methoxy groups -OCH3 is 1. The molecule has 0 aromatic heterocycles. The quantitative estimate of drug-likeness (QED) is 0.0513. The fraction of sp³-hybridized carbons (Fsp3) is 0.360. The Hall–Kier alpha value is -3.22. The standard InChI is InChI=1S/C25H29NO13S2/c1-36-18-9-7-14(11-17(18)28)8-10-21(29)37-13-19-22(30)23(31)24(32)25(38-19)40-20(26-39-41(33,34)35)12-16(27)15-5-3-2-4-6-15/h2-11,16,19,22-25,27-28,30-32H,12-13H2,1H3,(H,33,34,35)/b10-8+,26-20-/t16-,19-,22-,23+,24-,25+/m1/s1. The van der Waals surface area contributed by atoms with Crippen molar-refractivity contribution >= 4 is 39.2 Å². The fourth-order valence-electron chi connectivity index (χ4n) is 3.63. The summed E-state index contributed by atoms with van der Waals surface area (Å²) >= 11 is 0.551. The van der Waals surface area contributed by atoms with Gasteiger partial charge in [-0.15, -0.1) is 0 Å². The van der Waals surface area contributed by atoms with Crippen LogP contribution in [0.4, 0.5) is 0 Å². The third-order valence-corrected chi connectivity index (χ3v) is 7.11. The molecule has 0 aliphatic carbocycles. The second-order valence-electron chi connectivity index (χ2n) is 8.65. The molecule has 1 saturated heterocycles. The number of esters is 1. The Morgan fingerprint density at radius 1 is 1.12 bits per heavy atom. The number of benzene rings is 2. The van der Waals surface area contributed by atoms with Crippen LogP contribution in [0.5, 0.6) is 11.5 Å². The molecule has 6 N–H and O–H groups in total. The number of oxime groups is 1. The number of aromatic hydroxyl groups is 1. The maximum absolute atomic E-state index is 12.2. The second-order valence-corrected chi connectivity index (χ2v) is 10.8. The number of aliphatic hydroxyl groups is 4. The summed E-state index contributed by atoms with van der Waals surface area (Å²) < 4.78 is 50.8. The molecule has 0 radical (unpaired) electrons. The summed E-state index contributed by atoms with van der Waals surface area (Å²) in [6.07, 6.45) is -5.67. The Labute approximate surface area is 239 Å². The van der Waals surface area contributed by atoms with Crippen LogP contribution in [0.25, 0.3) is 6.08 Å². The maximum atomic E-state index is 12.2. The SMILES string of the molecule is COc1ccc(/C=C/C(=O)OC[C@H]2O[C@@H](S/C(C[C@@H](O)c3ccccc3)=N\OS(=O)(=O)O)[C@H](O)[C@@H](O)[C@@H]2O)cc1O. The van der Waals surface area contributed by atoms with Crippen molar-refractivity contribution in [2.45, 2.75) is 42.4 Å². The molecule has 0 spiro atoms. The van der Waals surface area contributed by atoms with Gasteiger partial charge >= 0.3 is 16.4 Å². The van der Waals surface area contributed by atoms with Crippen molar-refractivity contribution in [2.75, 3.05) is 13.7 Å². The van der Waals surface area contributed by atoms with Gasteiger partial charge in [-0.3, -0.25) is 4.55 Å². The molecule has 6 atom stereocenters. The lowest BCUT2D eigenvalue weighted by Gasteiger charge is -2.40. The van der Waals surface area contributed by atoms with E-state index in [-0.39, 0.29) is 23.0 Å². The summed E-state index contributed by atoms with van der Waals surface area (Å²) in [6, 6.07) is 12.7. The zero-order valence-corrected chi connectivity index (χ0v) is 23.1. The lowest BCUT2D eigenvalue weighted by atomic mass is 10.0. The molecule has 41 heavy (non-hydrogen) atoms. The minimum Gasteiger partial charge on any atom is -0.504 e. The van der Waals surface area contributed by atoms with Gasteiger partial charge in [-0.05, 0) is 29.3 Å². The number of aliphatic hydroxyl groups excluding tert-OH is 4. The number of hydrogen-bond donors (Lipinski definition) is 6. The van der Waals surface area contributed by atoms with Gasteiger partial charge in [0.2, 0.25) is 0 Å². The van der Waals surface area contributed by atoms with Crippen molar-refractivity contribution in [3.05, 3.63) is 65.7 Å². The summed E-state index contributed by atoms with van der Waals surface area (Å²) in [6.45, 7) is -0.556. The van der Waals surface area contributed by atoms with Gasteiger partial charge in [0.05, 0.1) is 13.2 Å². The van der Waals surface area contributed by atoms with Gasteiger partial charge in [0.25, 0.3) is 0 Å². The van der Waals surface area contributed by atoms with Crippen LogP contribution in [0.1, 0.15) is 23.7 Å². The van der Waals surface area contributed by atoms with Crippen LogP contribution in [-0.2, 0) is 29.0 Å². The van der Waals surface area contributed by atoms with Crippen molar-refractivity contribution < 1.29 is 61.8 Å². The summed E-state index contributed by atoms with van der Waals surface area (Å²) in [7, 11) is -3.63. The van der Waals surface area contributed by atoms with E-state index in [0.717, 1.165) is 6.08 Å². The normalized spacial score (nSPS) is 24.1. The second kappa shape index (κ2) is 14.6. The highest BCUT2D eigenvalue weighted by Crippen LogP contribution is 2.32. The Balaban J connectivity index is 1.67. The number of rotatable bonds is 11. The number of carbonyl (C=O) groups is 1. The average Bonchev–Trinajstić information content (AvgIpc) is 2.94. The molecule has 1 heterocycles. The molecule has 0 amide bonds. The van der Waals surface area contributed by atoms with Crippen molar-refractivity contribution in [3.8, 4) is 11.5 Å². The number of nitrogens with zero attached hydrogens (tertiary/aromatic N) is 1. The van der Waals surface area contributed by atoms with Crippen LogP contribution in [0.2, 0.25) is 0 Å². The molecule has 0 unspecified atom stereocenters. The largest absolute Gasteiger partial charge is 0.504 e. The summed E-state index contributed by atoms with van der Waals surface area (Å²) in [5.74, 6) is -0.747. The van der Waals surface area contributed by atoms with Gasteiger partial charge in [-0.2, -0.15) is 8.42 Å². The molecule has 2 aromatic carbocycles. The van der Waals surface area contributed by atoms with Crippen molar-refractivity contribution in [2.24, 2.45) is 5.16 Å². The highest BCUT2D eigenvalue weighted by Gasteiger charge is 2.45. The first-order valence-corrected chi connectivity index (χ1v) is 14.2. The predicted octanol–water partition coefficient (Wildman–Crippen LogP) is 0.755.